The van der Waals surface area contributed by atoms with Crippen molar-refractivity contribution in [1.29, 1.82) is 0 Å². The average Bonchev–Trinajstić information content (AvgIpc) is 2.65. The molecule has 2 N–H and O–H groups in total. The summed E-state index contributed by atoms with van der Waals surface area (Å²) in [5.74, 6) is 1.31. The molecular formula is C20H16Cl2N2O2. The second-order valence-electron chi connectivity index (χ2n) is 5.47. The lowest BCUT2D eigenvalue weighted by atomic mass is 10.3. The van der Waals surface area contributed by atoms with Crippen LogP contribution in [0.1, 0.15) is 0 Å². The minimum absolute atomic E-state index is 0.124. The SMILES string of the molecule is O=C(CNc1ccc(Oc2ccccc2)cc1)Nc1ccc(Cl)c(Cl)c1. The maximum Gasteiger partial charge on any atom is 0.243 e. The van der Waals surface area contributed by atoms with Crippen molar-refractivity contribution < 1.29 is 9.53 Å². The molecule has 0 spiro atoms. The Balaban J connectivity index is 1.51. The molecule has 0 aliphatic rings. The van der Waals surface area contributed by atoms with Gasteiger partial charge in [-0.2, -0.15) is 0 Å². The molecule has 0 aliphatic carbocycles. The van der Waals surface area contributed by atoms with Gasteiger partial charge in [-0.05, 0) is 54.6 Å². The van der Waals surface area contributed by atoms with Gasteiger partial charge in [-0.1, -0.05) is 41.4 Å². The predicted octanol–water partition coefficient (Wildman–Crippen LogP) is 5.84. The molecule has 0 unspecified atom stereocenters. The van der Waals surface area contributed by atoms with Crippen LogP contribution in [-0.2, 0) is 4.79 Å². The van der Waals surface area contributed by atoms with E-state index < -0.39 is 0 Å². The molecule has 0 aliphatic heterocycles. The Morgan fingerprint density at radius 2 is 1.46 bits per heavy atom. The summed E-state index contributed by atoms with van der Waals surface area (Å²) in [6.45, 7) is 0.124. The minimum atomic E-state index is -0.187. The fraction of sp³-hybridized carbons (Fsp3) is 0.0500. The number of anilines is 2. The van der Waals surface area contributed by atoms with Gasteiger partial charge in [0.05, 0.1) is 16.6 Å². The second kappa shape index (κ2) is 8.61. The van der Waals surface area contributed by atoms with Crippen LogP contribution in [-0.4, -0.2) is 12.5 Å². The van der Waals surface area contributed by atoms with Crippen LogP contribution in [0.4, 0.5) is 11.4 Å². The van der Waals surface area contributed by atoms with E-state index in [4.69, 9.17) is 27.9 Å². The summed E-state index contributed by atoms with van der Waals surface area (Å²) in [6.07, 6.45) is 0. The van der Waals surface area contributed by atoms with Crippen molar-refractivity contribution in [3.05, 3.63) is 82.8 Å². The van der Waals surface area contributed by atoms with Crippen LogP contribution in [0, 0.1) is 0 Å². The highest BCUT2D eigenvalue weighted by Gasteiger charge is 2.05. The van der Waals surface area contributed by atoms with Gasteiger partial charge in [0.2, 0.25) is 5.91 Å². The summed E-state index contributed by atoms with van der Waals surface area (Å²) >= 11 is 11.8. The molecule has 0 bridgehead atoms. The van der Waals surface area contributed by atoms with Gasteiger partial charge in [-0.15, -0.1) is 0 Å². The zero-order chi connectivity index (χ0) is 18.4. The topological polar surface area (TPSA) is 50.4 Å². The van der Waals surface area contributed by atoms with E-state index in [2.05, 4.69) is 10.6 Å². The number of benzene rings is 3. The van der Waals surface area contributed by atoms with Gasteiger partial charge in [0, 0.05) is 11.4 Å². The van der Waals surface area contributed by atoms with Crippen LogP contribution < -0.4 is 15.4 Å². The van der Waals surface area contributed by atoms with Crippen LogP contribution >= 0.6 is 23.2 Å². The molecule has 0 heterocycles. The molecule has 0 aromatic heterocycles. The Labute approximate surface area is 161 Å². The lowest BCUT2D eigenvalue weighted by Gasteiger charge is -2.10. The number of hydrogen-bond acceptors (Lipinski definition) is 3. The van der Waals surface area contributed by atoms with Crippen molar-refractivity contribution in [3.63, 3.8) is 0 Å². The van der Waals surface area contributed by atoms with E-state index in [9.17, 15) is 4.79 Å². The Kier molecular flexibility index (Phi) is 6.00. The van der Waals surface area contributed by atoms with Crippen LogP contribution in [0.25, 0.3) is 0 Å². The Bertz CT molecular complexity index is 884. The van der Waals surface area contributed by atoms with E-state index in [1.165, 1.54) is 0 Å². The van der Waals surface area contributed by atoms with Crippen LogP contribution in [0.2, 0.25) is 10.0 Å². The number of ether oxygens (including phenoxy) is 1. The Morgan fingerprint density at radius 3 is 2.15 bits per heavy atom. The standard InChI is InChI=1S/C20H16Cl2N2O2/c21-18-11-8-15(12-19(18)22)24-20(25)13-23-14-6-9-17(10-7-14)26-16-4-2-1-3-5-16/h1-12,23H,13H2,(H,24,25). The highest BCUT2D eigenvalue weighted by atomic mass is 35.5. The average molecular weight is 387 g/mol. The van der Waals surface area contributed by atoms with E-state index >= 15 is 0 Å². The molecule has 0 atom stereocenters. The predicted molar refractivity (Wildman–Crippen MR) is 107 cm³/mol. The van der Waals surface area contributed by atoms with Gasteiger partial charge in [-0.25, -0.2) is 0 Å². The smallest absolute Gasteiger partial charge is 0.243 e. The van der Waals surface area contributed by atoms with Gasteiger partial charge in [-0.3, -0.25) is 4.79 Å². The van der Waals surface area contributed by atoms with Crippen LogP contribution in [0.5, 0.6) is 11.5 Å². The van der Waals surface area contributed by atoms with Crippen molar-refractivity contribution in [1.82, 2.24) is 0 Å². The highest BCUT2D eigenvalue weighted by Crippen LogP contribution is 2.25. The van der Waals surface area contributed by atoms with E-state index in [1.54, 1.807) is 18.2 Å². The molecule has 0 radical (unpaired) electrons. The number of nitrogens with one attached hydrogen (secondary N) is 2. The molecular weight excluding hydrogens is 371 g/mol. The monoisotopic (exact) mass is 386 g/mol. The number of carbonyl (C=O) groups excluding carboxylic acids is 1. The first-order chi connectivity index (χ1) is 12.6. The zero-order valence-electron chi connectivity index (χ0n) is 13.7. The minimum Gasteiger partial charge on any atom is -0.457 e. The summed E-state index contributed by atoms with van der Waals surface area (Å²) in [6, 6.07) is 21.9. The second-order valence-corrected chi connectivity index (χ2v) is 6.28. The van der Waals surface area contributed by atoms with E-state index in [1.807, 2.05) is 54.6 Å². The first kappa shape index (κ1) is 18.1. The number of rotatable bonds is 6. The van der Waals surface area contributed by atoms with Crippen molar-refractivity contribution in [3.8, 4) is 11.5 Å². The van der Waals surface area contributed by atoms with Gasteiger partial charge < -0.3 is 15.4 Å². The summed E-state index contributed by atoms with van der Waals surface area (Å²) in [4.78, 5) is 12.0. The first-order valence-corrected chi connectivity index (χ1v) is 8.67. The largest absolute Gasteiger partial charge is 0.457 e. The molecule has 3 aromatic rings. The molecule has 0 saturated carbocycles. The number of amides is 1. The van der Waals surface area contributed by atoms with Gasteiger partial charge >= 0.3 is 0 Å². The zero-order valence-corrected chi connectivity index (χ0v) is 15.2. The van der Waals surface area contributed by atoms with Crippen molar-refractivity contribution >= 4 is 40.5 Å². The van der Waals surface area contributed by atoms with Crippen molar-refractivity contribution in [2.45, 2.75) is 0 Å². The summed E-state index contributed by atoms with van der Waals surface area (Å²) in [5.41, 5.74) is 1.41. The van der Waals surface area contributed by atoms with E-state index in [-0.39, 0.29) is 12.5 Å². The van der Waals surface area contributed by atoms with Crippen molar-refractivity contribution in [2.75, 3.05) is 17.2 Å². The summed E-state index contributed by atoms with van der Waals surface area (Å²) < 4.78 is 5.73. The number of para-hydroxylation sites is 1. The van der Waals surface area contributed by atoms with Crippen LogP contribution in [0.3, 0.4) is 0 Å². The highest BCUT2D eigenvalue weighted by molar-refractivity contribution is 6.42. The summed E-state index contributed by atoms with van der Waals surface area (Å²) in [5, 5.41) is 6.65. The normalized spacial score (nSPS) is 10.2. The van der Waals surface area contributed by atoms with Crippen LogP contribution in [0.15, 0.2) is 72.8 Å². The lowest BCUT2D eigenvalue weighted by molar-refractivity contribution is -0.114. The molecule has 26 heavy (non-hydrogen) atoms. The number of carbonyl (C=O) groups is 1. The van der Waals surface area contributed by atoms with Gasteiger partial charge in [0.15, 0.2) is 0 Å². The lowest BCUT2D eigenvalue weighted by Crippen LogP contribution is -2.21. The Hall–Kier alpha value is -2.69. The van der Waals surface area contributed by atoms with Gasteiger partial charge in [0.25, 0.3) is 0 Å². The first-order valence-electron chi connectivity index (χ1n) is 7.92. The molecule has 3 rings (SSSR count). The third-order valence-electron chi connectivity index (χ3n) is 3.49. The van der Waals surface area contributed by atoms with Gasteiger partial charge in [0.1, 0.15) is 11.5 Å². The third-order valence-corrected chi connectivity index (χ3v) is 4.23. The van der Waals surface area contributed by atoms with Crippen molar-refractivity contribution in [2.24, 2.45) is 0 Å². The quantitative estimate of drug-likeness (QED) is 0.559. The number of halogens is 2. The Morgan fingerprint density at radius 1 is 0.808 bits per heavy atom. The molecule has 0 fully saturated rings. The molecule has 1 amide bonds. The third kappa shape index (κ3) is 5.15. The van der Waals surface area contributed by atoms with E-state index in [0.29, 0.717) is 15.7 Å². The number of hydrogen-bond donors (Lipinski definition) is 2. The fourth-order valence-electron chi connectivity index (χ4n) is 2.23. The molecule has 132 valence electrons. The van der Waals surface area contributed by atoms with E-state index in [0.717, 1.165) is 17.2 Å². The molecule has 6 heteroatoms. The maximum atomic E-state index is 12.0. The maximum absolute atomic E-state index is 12.0. The molecule has 4 nitrogen and oxygen atoms in total. The molecule has 3 aromatic carbocycles. The summed E-state index contributed by atoms with van der Waals surface area (Å²) in [7, 11) is 0. The molecule has 0 saturated heterocycles. The fourth-order valence-corrected chi connectivity index (χ4v) is 2.52.